The summed E-state index contributed by atoms with van der Waals surface area (Å²) in [6.45, 7) is 7.18. The Bertz CT molecular complexity index is 349. The summed E-state index contributed by atoms with van der Waals surface area (Å²) in [5.74, 6) is 0.682. The van der Waals surface area contributed by atoms with Crippen LogP contribution in [0.5, 0.6) is 0 Å². The SMILES string of the molecule is CCCC(CNCCOC)Cc1cc(CC)nn1C. The van der Waals surface area contributed by atoms with Crippen molar-refractivity contribution >= 4 is 0 Å². The van der Waals surface area contributed by atoms with Crippen LogP contribution in [-0.2, 0) is 24.6 Å². The van der Waals surface area contributed by atoms with E-state index >= 15 is 0 Å². The Morgan fingerprint density at radius 3 is 2.79 bits per heavy atom. The third kappa shape index (κ3) is 5.74. The molecule has 4 heteroatoms. The number of aryl methyl sites for hydroxylation is 2. The minimum absolute atomic E-state index is 0.682. The number of hydrogen-bond acceptors (Lipinski definition) is 3. The monoisotopic (exact) mass is 267 g/mol. The van der Waals surface area contributed by atoms with Crippen molar-refractivity contribution < 1.29 is 4.74 Å². The second-order valence-electron chi connectivity index (χ2n) is 5.16. The number of aromatic nitrogens is 2. The Balaban J connectivity index is 2.49. The van der Waals surface area contributed by atoms with Crippen molar-refractivity contribution in [1.82, 2.24) is 15.1 Å². The van der Waals surface area contributed by atoms with E-state index in [9.17, 15) is 0 Å². The van der Waals surface area contributed by atoms with Gasteiger partial charge in [-0.25, -0.2) is 0 Å². The van der Waals surface area contributed by atoms with Crippen LogP contribution in [0.4, 0.5) is 0 Å². The van der Waals surface area contributed by atoms with Crippen LogP contribution in [0.2, 0.25) is 0 Å². The molecule has 0 bridgehead atoms. The molecule has 0 aromatic carbocycles. The zero-order valence-corrected chi connectivity index (χ0v) is 12.9. The third-order valence-corrected chi connectivity index (χ3v) is 3.50. The minimum Gasteiger partial charge on any atom is -0.383 e. The summed E-state index contributed by atoms with van der Waals surface area (Å²) in [5, 5.41) is 8.01. The van der Waals surface area contributed by atoms with E-state index < -0.39 is 0 Å². The number of rotatable bonds is 10. The normalized spacial score (nSPS) is 12.8. The van der Waals surface area contributed by atoms with E-state index in [-0.39, 0.29) is 0 Å². The van der Waals surface area contributed by atoms with Crippen molar-refractivity contribution in [2.75, 3.05) is 26.8 Å². The van der Waals surface area contributed by atoms with Crippen molar-refractivity contribution in [1.29, 1.82) is 0 Å². The zero-order chi connectivity index (χ0) is 14.1. The number of methoxy groups -OCH3 is 1. The van der Waals surface area contributed by atoms with Gasteiger partial charge in [0.25, 0.3) is 0 Å². The lowest BCUT2D eigenvalue weighted by Crippen LogP contribution is -2.27. The van der Waals surface area contributed by atoms with Crippen molar-refractivity contribution in [3.63, 3.8) is 0 Å². The van der Waals surface area contributed by atoms with E-state index in [0.29, 0.717) is 5.92 Å². The van der Waals surface area contributed by atoms with E-state index in [4.69, 9.17) is 4.74 Å². The molecule has 1 rings (SSSR count). The molecule has 1 aromatic rings. The summed E-state index contributed by atoms with van der Waals surface area (Å²) < 4.78 is 7.10. The Morgan fingerprint density at radius 2 is 2.21 bits per heavy atom. The van der Waals surface area contributed by atoms with E-state index in [2.05, 4.69) is 37.4 Å². The molecular formula is C15H29N3O. The van der Waals surface area contributed by atoms with Crippen LogP contribution in [0.1, 0.15) is 38.1 Å². The average molecular weight is 267 g/mol. The summed E-state index contributed by atoms with van der Waals surface area (Å²) in [7, 11) is 3.79. The van der Waals surface area contributed by atoms with Gasteiger partial charge in [0.2, 0.25) is 0 Å². The molecule has 1 aromatic heterocycles. The Hall–Kier alpha value is -0.870. The molecule has 0 saturated carbocycles. The first-order chi connectivity index (χ1) is 9.21. The van der Waals surface area contributed by atoms with Crippen LogP contribution < -0.4 is 5.32 Å². The maximum absolute atomic E-state index is 5.06. The van der Waals surface area contributed by atoms with Gasteiger partial charge in [0, 0.05) is 26.4 Å². The molecule has 0 saturated heterocycles. The summed E-state index contributed by atoms with van der Waals surface area (Å²) >= 11 is 0. The van der Waals surface area contributed by atoms with Crippen molar-refractivity contribution in [3.8, 4) is 0 Å². The Kier molecular flexibility index (Phi) is 7.75. The molecule has 0 amide bonds. The quantitative estimate of drug-likeness (QED) is 0.660. The highest BCUT2D eigenvalue weighted by atomic mass is 16.5. The Morgan fingerprint density at radius 1 is 1.42 bits per heavy atom. The maximum Gasteiger partial charge on any atom is 0.0624 e. The Labute approximate surface area is 117 Å². The summed E-state index contributed by atoms with van der Waals surface area (Å²) in [4.78, 5) is 0. The largest absolute Gasteiger partial charge is 0.383 e. The van der Waals surface area contributed by atoms with Crippen LogP contribution in [0.3, 0.4) is 0 Å². The summed E-state index contributed by atoms with van der Waals surface area (Å²) in [5.41, 5.74) is 2.55. The third-order valence-electron chi connectivity index (χ3n) is 3.50. The molecule has 1 N–H and O–H groups in total. The van der Waals surface area contributed by atoms with Crippen LogP contribution >= 0.6 is 0 Å². The number of ether oxygens (including phenoxy) is 1. The highest BCUT2D eigenvalue weighted by molar-refractivity contribution is 5.11. The molecule has 0 spiro atoms. The van der Waals surface area contributed by atoms with Crippen molar-refractivity contribution in [2.24, 2.45) is 13.0 Å². The fourth-order valence-corrected chi connectivity index (χ4v) is 2.40. The van der Waals surface area contributed by atoms with E-state index in [0.717, 1.165) is 32.5 Å². The summed E-state index contributed by atoms with van der Waals surface area (Å²) in [6.07, 6.45) is 4.61. The zero-order valence-electron chi connectivity index (χ0n) is 12.9. The van der Waals surface area contributed by atoms with Gasteiger partial charge in [-0.3, -0.25) is 4.68 Å². The molecule has 1 atom stereocenters. The molecule has 1 unspecified atom stereocenters. The molecule has 110 valence electrons. The van der Waals surface area contributed by atoms with Crippen LogP contribution in [-0.4, -0.2) is 36.6 Å². The first-order valence-electron chi connectivity index (χ1n) is 7.42. The second kappa shape index (κ2) is 9.10. The lowest BCUT2D eigenvalue weighted by molar-refractivity contribution is 0.197. The topological polar surface area (TPSA) is 39.1 Å². The van der Waals surface area contributed by atoms with Crippen LogP contribution in [0.25, 0.3) is 0 Å². The first kappa shape index (κ1) is 16.2. The van der Waals surface area contributed by atoms with E-state index in [1.54, 1.807) is 7.11 Å². The predicted molar refractivity (Wildman–Crippen MR) is 79.4 cm³/mol. The van der Waals surface area contributed by atoms with Gasteiger partial charge in [0.1, 0.15) is 0 Å². The molecule has 4 nitrogen and oxygen atoms in total. The number of hydrogen-bond donors (Lipinski definition) is 1. The van der Waals surface area contributed by atoms with Gasteiger partial charge < -0.3 is 10.1 Å². The van der Waals surface area contributed by atoms with Gasteiger partial charge in [0.05, 0.1) is 12.3 Å². The molecule has 0 fully saturated rings. The molecular weight excluding hydrogens is 238 g/mol. The van der Waals surface area contributed by atoms with Gasteiger partial charge in [0.15, 0.2) is 0 Å². The average Bonchev–Trinajstić information content (AvgIpc) is 2.75. The molecule has 0 aliphatic rings. The van der Waals surface area contributed by atoms with E-state index in [1.165, 1.54) is 24.2 Å². The lowest BCUT2D eigenvalue weighted by Gasteiger charge is -2.17. The first-order valence-corrected chi connectivity index (χ1v) is 7.42. The number of nitrogens with zero attached hydrogens (tertiary/aromatic N) is 2. The van der Waals surface area contributed by atoms with Crippen molar-refractivity contribution in [2.45, 2.75) is 39.5 Å². The highest BCUT2D eigenvalue weighted by Crippen LogP contribution is 2.14. The molecule has 19 heavy (non-hydrogen) atoms. The van der Waals surface area contributed by atoms with Gasteiger partial charge in [-0.2, -0.15) is 5.10 Å². The fourth-order valence-electron chi connectivity index (χ4n) is 2.40. The standard InChI is InChI=1S/C15H29N3O/c1-5-7-13(12-16-8-9-19-4)10-15-11-14(6-2)17-18(15)3/h11,13,16H,5-10,12H2,1-4H3. The van der Waals surface area contributed by atoms with Gasteiger partial charge in [-0.1, -0.05) is 20.3 Å². The van der Waals surface area contributed by atoms with Crippen molar-refractivity contribution in [3.05, 3.63) is 17.5 Å². The highest BCUT2D eigenvalue weighted by Gasteiger charge is 2.12. The molecule has 0 radical (unpaired) electrons. The van der Waals surface area contributed by atoms with Crippen LogP contribution in [0, 0.1) is 5.92 Å². The van der Waals surface area contributed by atoms with Gasteiger partial charge in [-0.15, -0.1) is 0 Å². The molecule has 0 aliphatic heterocycles. The minimum atomic E-state index is 0.682. The molecule has 0 aliphatic carbocycles. The summed E-state index contributed by atoms with van der Waals surface area (Å²) in [6, 6.07) is 2.25. The van der Waals surface area contributed by atoms with Gasteiger partial charge in [-0.05, 0) is 37.8 Å². The number of nitrogens with one attached hydrogen (secondary N) is 1. The fraction of sp³-hybridized carbons (Fsp3) is 0.800. The van der Waals surface area contributed by atoms with Crippen LogP contribution in [0.15, 0.2) is 6.07 Å². The van der Waals surface area contributed by atoms with E-state index in [1.807, 2.05) is 4.68 Å². The predicted octanol–water partition coefficient (Wildman–Crippen LogP) is 2.18. The lowest BCUT2D eigenvalue weighted by atomic mass is 9.97. The second-order valence-corrected chi connectivity index (χ2v) is 5.16. The maximum atomic E-state index is 5.06. The molecule has 1 heterocycles. The van der Waals surface area contributed by atoms with Gasteiger partial charge >= 0.3 is 0 Å². The smallest absolute Gasteiger partial charge is 0.0624 e.